The third-order valence-electron chi connectivity index (χ3n) is 4.86. The number of carbonyl (C=O) groups is 1. The van der Waals surface area contributed by atoms with E-state index in [1.54, 1.807) is 4.57 Å². The lowest BCUT2D eigenvalue weighted by atomic mass is 10.1. The molecule has 0 unspecified atom stereocenters. The van der Waals surface area contributed by atoms with Gasteiger partial charge in [0.2, 0.25) is 5.91 Å². The minimum atomic E-state index is -0.104. The van der Waals surface area contributed by atoms with Crippen molar-refractivity contribution >= 4 is 39.2 Å². The van der Waals surface area contributed by atoms with Crippen molar-refractivity contribution in [2.24, 2.45) is 0 Å². The predicted molar refractivity (Wildman–Crippen MR) is 128 cm³/mol. The van der Waals surface area contributed by atoms with Crippen LogP contribution in [0.3, 0.4) is 0 Å². The molecule has 0 fully saturated rings. The van der Waals surface area contributed by atoms with Crippen molar-refractivity contribution in [2.75, 3.05) is 5.75 Å². The van der Waals surface area contributed by atoms with Crippen LogP contribution in [0.1, 0.15) is 22.3 Å². The fourth-order valence-corrected chi connectivity index (χ4v) is 4.99. The Bertz CT molecular complexity index is 1290. The summed E-state index contributed by atoms with van der Waals surface area (Å²) in [6.45, 7) is 6.51. The van der Waals surface area contributed by atoms with Crippen molar-refractivity contribution in [2.45, 2.75) is 32.5 Å². The largest absolute Gasteiger partial charge is 0.351 e. The molecule has 2 aromatic heterocycles. The number of thioether (sulfide) groups is 1. The van der Waals surface area contributed by atoms with Gasteiger partial charge in [0.05, 0.1) is 17.0 Å². The van der Waals surface area contributed by atoms with Crippen molar-refractivity contribution in [3.8, 4) is 5.69 Å². The number of carbonyl (C=O) groups excluding carboxylic acids is 1. The summed E-state index contributed by atoms with van der Waals surface area (Å²) in [5, 5.41) is 5.33. The third-order valence-corrected chi connectivity index (χ3v) is 6.69. The topological polar surface area (TPSA) is 64.0 Å². The maximum absolute atomic E-state index is 13.2. The molecule has 0 aliphatic rings. The van der Waals surface area contributed by atoms with Gasteiger partial charge in [0, 0.05) is 6.54 Å². The van der Waals surface area contributed by atoms with Gasteiger partial charge < -0.3 is 5.32 Å². The Morgan fingerprint density at radius 1 is 1.03 bits per heavy atom. The quantitative estimate of drug-likeness (QED) is 0.340. The van der Waals surface area contributed by atoms with Crippen molar-refractivity contribution in [3.05, 3.63) is 86.5 Å². The fourth-order valence-electron chi connectivity index (χ4n) is 3.38. The van der Waals surface area contributed by atoms with Gasteiger partial charge in [-0.15, -0.1) is 11.3 Å². The Hall–Kier alpha value is -2.90. The van der Waals surface area contributed by atoms with Crippen LogP contribution in [-0.4, -0.2) is 21.2 Å². The maximum Gasteiger partial charge on any atom is 0.276 e. The molecule has 0 saturated heterocycles. The Labute approximate surface area is 189 Å². The average molecular weight is 450 g/mol. The SMILES string of the molecule is Cc1ccc(CNC(=O)CSc2nc3ccsc3c(=O)n2-c2cc(C)cc(C)c2)cc1. The highest BCUT2D eigenvalue weighted by atomic mass is 32.2. The number of hydrogen-bond acceptors (Lipinski definition) is 5. The van der Waals surface area contributed by atoms with E-state index in [1.165, 1.54) is 28.7 Å². The summed E-state index contributed by atoms with van der Waals surface area (Å²) in [5.41, 5.74) is 5.71. The smallest absolute Gasteiger partial charge is 0.276 e. The van der Waals surface area contributed by atoms with Crippen LogP contribution in [0.2, 0.25) is 0 Å². The van der Waals surface area contributed by atoms with Gasteiger partial charge >= 0.3 is 0 Å². The van der Waals surface area contributed by atoms with Gasteiger partial charge in [-0.2, -0.15) is 0 Å². The highest BCUT2D eigenvalue weighted by Crippen LogP contribution is 2.24. The first-order valence-electron chi connectivity index (χ1n) is 9.94. The number of amides is 1. The molecule has 1 N–H and O–H groups in total. The second kappa shape index (κ2) is 9.08. The number of nitrogens with zero attached hydrogens (tertiary/aromatic N) is 2. The molecule has 0 saturated carbocycles. The molecule has 1 amide bonds. The molecule has 158 valence electrons. The van der Waals surface area contributed by atoms with Crippen LogP contribution in [0, 0.1) is 20.8 Å². The standard InChI is InChI=1S/C24H23N3O2S2/c1-15-4-6-18(7-5-15)13-25-21(28)14-31-24-26-20-8-9-30-22(20)23(29)27(24)19-11-16(2)10-17(3)12-19/h4-12H,13-14H2,1-3H3,(H,25,28). The molecule has 0 aliphatic carbocycles. The highest BCUT2D eigenvalue weighted by Gasteiger charge is 2.16. The van der Waals surface area contributed by atoms with Crippen LogP contribution < -0.4 is 10.9 Å². The van der Waals surface area contributed by atoms with Gasteiger partial charge in [-0.3, -0.25) is 14.2 Å². The van der Waals surface area contributed by atoms with Crippen LogP contribution in [-0.2, 0) is 11.3 Å². The van der Waals surface area contributed by atoms with E-state index in [9.17, 15) is 9.59 Å². The molecule has 0 atom stereocenters. The van der Waals surface area contributed by atoms with Gasteiger partial charge in [-0.25, -0.2) is 4.98 Å². The highest BCUT2D eigenvalue weighted by molar-refractivity contribution is 7.99. The van der Waals surface area contributed by atoms with Crippen molar-refractivity contribution in [1.82, 2.24) is 14.9 Å². The predicted octanol–water partition coefficient (Wildman–Crippen LogP) is 4.78. The van der Waals surface area contributed by atoms with E-state index in [1.807, 2.05) is 68.6 Å². The number of rotatable bonds is 6. The molecule has 7 heteroatoms. The van der Waals surface area contributed by atoms with Gasteiger partial charge in [0.25, 0.3) is 5.56 Å². The van der Waals surface area contributed by atoms with Crippen LogP contribution in [0.4, 0.5) is 0 Å². The summed E-state index contributed by atoms with van der Waals surface area (Å²) < 4.78 is 2.24. The molecule has 0 bridgehead atoms. The number of hydrogen-bond donors (Lipinski definition) is 1. The molecule has 4 rings (SSSR count). The number of aromatic nitrogens is 2. The summed E-state index contributed by atoms with van der Waals surface area (Å²) in [4.78, 5) is 30.4. The van der Waals surface area contributed by atoms with E-state index in [0.29, 0.717) is 21.9 Å². The molecular formula is C24H23N3O2S2. The van der Waals surface area contributed by atoms with Crippen LogP contribution >= 0.6 is 23.1 Å². The van der Waals surface area contributed by atoms with Gasteiger partial charge in [-0.05, 0) is 61.0 Å². The Morgan fingerprint density at radius 3 is 2.45 bits per heavy atom. The van der Waals surface area contributed by atoms with E-state index < -0.39 is 0 Å². The molecule has 2 heterocycles. The Balaban J connectivity index is 1.58. The molecule has 5 nitrogen and oxygen atoms in total. The van der Waals surface area contributed by atoms with Gasteiger partial charge in [-0.1, -0.05) is 47.7 Å². The Kier molecular flexibility index (Phi) is 6.25. The molecule has 0 spiro atoms. The molecule has 2 aromatic carbocycles. The lowest BCUT2D eigenvalue weighted by molar-refractivity contribution is -0.118. The lowest BCUT2D eigenvalue weighted by Crippen LogP contribution is -2.26. The molecule has 31 heavy (non-hydrogen) atoms. The van der Waals surface area contributed by atoms with E-state index >= 15 is 0 Å². The summed E-state index contributed by atoms with van der Waals surface area (Å²) >= 11 is 2.66. The first-order valence-corrected chi connectivity index (χ1v) is 11.8. The third kappa shape index (κ3) is 4.89. The zero-order chi connectivity index (χ0) is 22.0. The monoisotopic (exact) mass is 449 g/mol. The second-order valence-electron chi connectivity index (χ2n) is 7.57. The molecule has 4 aromatic rings. The summed E-state index contributed by atoms with van der Waals surface area (Å²) in [6.07, 6.45) is 0. The normalized spacial score (nSPS) is 11.1. The summed E-state index contributed by atoms with van der Waals surface area (Å²) in [6, 6.07) is 15.9. The zero-order valence-corrected chi connectivity index (χ0v) is 19.3. The number of fused-ring (bicyclic) bond motifs is 1. The van der Waals surface area contributed by atoms with Gasteiger partial charge in [0.15, 0.2) is 5.16 Å². The van der Waals surface area contributed by atoms with Crippen LogP contribution in [0.25, 0.3) is 15.9 Å². The minimum absolute atomic E-state index is 0.0998. The van der Waals surface area contributed by atoms with E-state index in [2.05, 4.69) is 16.4 Å². The zero-order valence-electron chi connectivity index (χ0n) is 17.6. The number of aryl methyl sites for hydroxylation is 3. The maximum atomic E-state index is 13.2. The number of nitrogens with one attached hydrogen (secondary N) is 1. The summed E-state index contributed by atoms with van der Waals surface area (Å²) in [5.74, 6) is 0.0795. The van der Waals surface area contributed by atoms with Crippen molar-refractivity contribution in [1.29, 1.82) is 0 Å². The number of benzene rings is 2. The first kappa shape index (κ1) is 21.3. The average Bonchev–Trinajstić information content (AvgIpc) is 3.20. The first-order chi connectivity index (χ1) is 14.9. The lowest BCUT2D eigenvalue weighted by Gasteiger charge is -2.13. The minimum Gasteiger partial charge on any atom is -0.351 e. The molecule has 0 aliphatic heterocycles. The van der Waals surface area contributed by atoms with Crippen LogP contribution in [0.5, 0.6) is 0 Å². The van der Waals surface area contributed by atoms with Crippen molar-refractivity contribution < 1.29 is 4.79 Å². The van der Waals surface area contributed by atoms with Gasteiger partial charge in [0.1, 0.15) is 4.70 Å². The van der Waals surface area contributed by atoms with E-state index in [0.717, 1.165) is 22.4 Å². The van der Waals surface area contributed by atoms with E-state index in [4.69, 9.17) is 0 Å². The fraction of sp³-hybridized carbons (Fsp3) is 0.208. The molecular weight excluding hydrogens is 426 g/mol. The van der Waals surface area contributed by atoms with Crippen LogP contribution in [0.15, 0.2) is 63.9 Å². The second-order valence-corrected chi connectivity index (χ2v) is 9.43. The van der Waals surface area contributed by atoms with Crippen molar-refractivity contribution in [3.63, 3.8) is 0 Å². The Morgan fingerprint density at radius 2 is 1.74 bits per heavy atom. The summed E-state index contributed by atoms with van der Waals surface area (Å²) in [7, 11) is 0. The van der Waals surface area contributed by atoms with E-state index in [-0.39, 0.29) is 17.2 Å². The molecule has 0 radical (unpaired) electrons. The number of thiophene rings is 1.